The molecule has 132 valence electrons. The number of carbonyl (C=O) groups is 3. The molecular formula is C18H14N2O5S. The highest BCUT2D eigenvalue weighted by molar-refractivity contribution is 7.15. The topological polar surface area (TPSA) is 98.5 Å². The van der Waals surface area contributed by atoms with Crippen molar-refractivity contribution in [1.82, 2.24) is 4.98 Å². The van der Waals surface area contributed by atoms with E-state index in [2.05, 4.69) is 10.3 Å². The highest BCUT2D eigenvalue weighted by Crippen LogP contribution is 2.22. The molecule has 2 heterocycles. The van der Waals surface area contributed by atoms with Crippen LogP contribution in [-0.2, 0) is 9.53 Å². The van der Waals surface area contributed by atoms with Gasteiger partial charge in [-0.25, -0.2) is 9.78 Å². The number of anilines is 1. The Morgan fingerprint density at radius 1 is 1.23 bits per heavy atom. The van der Waals surface area contributed by atoms with Crippen molar-refractivity contribution in [2.45, 2.75) is 6.92 Å². The van der Waals surface area contributed by atoms with E-state index in [1.165, 1.54) is 11.3 Å². The summed E-state index contributed by atoms with van der Waals surface area (Å²) in [4.78, 5) is 39.4. The predicted octanol–water partition coefficient (Wildman–Crippen LogP) is 3.32. The maximum atomic E-state index is 12.0. The van der Waals surface area contributed by atoms with Gasteiger partial charge in [-0.15, -0.1) is 11.3 Å². The van der Waals surface area contributed by atoms with Crippen LogP contribution in [-0.4, -0.2) is 29.8 Å². The summed E-state index contributed by atoms with van der Waals surface area (Å²) in [5, 5.41) is 3.02. The molecule has 1 amide bonds. The number of thiazole rings is 1. The molecule has 1 N–H and O–H groups in total. The minimum absolute atomic E-state index is 0.227. The molecule has 0 radical (unpaired) electrons. The van der Waals surface area contributed by atoms with Crippen LogP contribution in [0.4, 0.5) is 5.13 Å². The van der Waals surface area contributed by atoms with Crippen molar-refractivity contribution in [2.24, 2.45) is 0 Å². The van der Waals surface area contributed by atoms with E-state index in [-0.39, 0.29) is 5.76 Å². The number of rotatable bonds is 6. The van der Waals surface area contributed by atoms with E-state index >= 15 is 0 Å². The summed E-state index contributed by atoms with van der Waals surface area (Å²) in [7, 11) is 0. The van der Waals surface area contributed by atoms with Crippen molar-refractivity contribution < 1.29 is 23.5 Å². The summed E-state index contributed by atoms with van der Waals surface area (Å²) in [5.74, 6) is -0.327. The molecule has 0 bridgehead atoms. The molecule has 0 saturated heterocycles. The van der Waals surface area contributed by atoms with E-state index in [0.29, 0.717) is 28.3 Å². The number of aldehydes is 1. The Morgan fingerprint density at radius 2 is 2.00 bits per heavy atom. The first-order chi connectivity index (χ1) is 12.5. The number of furan rings is 1. The smallest absolute Gasteiger partial charge is 0.338 e. The van der Waals surface area contributed by atoms with Crippen molar-refractivity contribution in [3.8, 4) is 11.3 Å². The molecule has 0 aliphatic heterocycles. The summed E-state index contributed by atoms with van der Waals surface area (Å²) in [6.45, 7) is 1.47. The number of aromatic nitrogens is 1. The first-order valence-electron chi connectivity index (χ1n) is 7.60. The normalized spacial score (nSPS) is 10.3. The van der Waals surface area contributed by atoms with Crippen molar-refractivity contribution in [3.05, 3.63) is 58.8 Å². The summed E-state index contributed by atoms with van der Waals surface area (Å²) in [6, 6.07) is 9.69. The Hall–Kier alpha value is -3.26. The zero-order valence-electron chi connectivity index (χ0n) is 13.7. The third-order valence-electron chi connectivity index (χ3n) is 3.35. The van der Waals surface area contributed by atoms with Crippen molar-refractivity contribution in [2.75, 3.05) is 11.9 Å². The van der Waals surface area contributed by atoms with Crippen LogP contribution in [0.3, 0.4) is 0 Å². The largest absolute Gasteiger partial charge is 0.453 e. The molecule has 0 saturated carbocycles. The van der Waals surface area contributed by atoms with Crippen LogP contribution < -0.4 is 5.32 Å². The molecule has 2 aromatic heterocycles. The number of hydrogen-bond acceptors (Lipinski definition) is 7. The average Bonchev–Trinajstić information content (AvgIpc) is 3.29. The second-order valence-electron chi connectivity index (χ2n) is 5.30. The van der Waals surface area contributed by atoms with E-state index < -0.39 is 18.5 Å². The summed E-state index contributed by atoms with van der Waals surface area (Å²) >= 11 is 1.34. The fraction of sp³-hybridized carbons (Fsp3) is 0.111. The number of aryl methyl sites for hydroxylation is 1. The van der Waals surface area contributed by atoms with Gasteiger partial charge in [0.05, 0.1) is 5.56 Å². The summed E-state index contributed by atoms with van der Waals surface area (Å²) in [6.07, 6.45) is 2.26. The molecule has 26 heavy (non-hydrogen) atoms. The summed E-state index contributed by atoms with van der Waals surface area (Å²) in [5.41, 5.74) is 1.01. The van der Waals surface area contributed by atoms with Crippen LogP contribution in [0.1, 0.15) is 25.8 Å². The number of carbonyl (C=O) groups excluding carboxylic acids is 3. The van der Waals surface area contributed by atoms with Crippen LogP contribution in [0.15, 0.2) is 47.0 Å². The number of esters is 1. The number of nitrogens with zero attached hydrogens (tertiary/aromatic N) is 1. The number of amides is 1. The van der Waals surface area contributed by atoms with Crippen LogP contribution in [0, 0.1) is 6.92 Å². The second-order valence-corrected chi connectivity index (χ2v) is 6.53. The average molecular weight is 370 g/mol. The number of benzene rings is 1. The van der Waals surface area contributed by atoms with E-state index in [1.807, 2.05) is 6.92 Å². The van der Waals surface area contributed by atoms with Crippen molar-refractivity contribution >= 4 is 34.6 Å². The first kappa shape index (κ1) is 17.6. The Kier molecular flexibility index (Phi) is 5.23. The zero-order valence-corrected chi connectivity index (χ0v) is 14.5. The van der Waals surface area contributed by atoms with Crippen LogP contribution >= 0.6 is 11.3 Å². The Morgan fingerprint density at radius 3 is 2.62 bits per heavy atom. The monoisotopic (exact) mass is 370 g/mol. The highest BCUT2D eigenvalue weighted by atomic mass is 32.1. The molecule has 8 heteroatoms. The maximum Gasteiger partial charge on any atom is 0.338 e. The van der Waals surface area contributed by atoms with E-state index in [4.69, 9.17) is 9.15 Å². The molecule has 0 spiro atoms. The quantitative estimate of drug-likeness (QED) is 0.528. The molecule has 1 aromatic carbocycles. The Bertz CT molecular complexity index is 943. The number of ether oxygens (including phenoxy) is 1. The standard InChI is InChI=1S/C18H14N2O5S/c1-11-8-19-18(26-11)20-16(22)10-24-17(23)13-4-2-12(3-5-13)15-7-6-14(9-21)25-15/h2-9H,10H2,1H3,(H,19,20,22). The van der Waals surface area contributed by atoms with Crippen molar-refractivity contribution in [1.29, 1.82) is 0 Å². The van der Waals surface area contributed by atoms with Gasteiger partial charge in [-0.1, -0.05) is 12.1 Å². The van der Waals surface area contributed by atoms with Gasteiger partial charge in [-0.05, 0) is 31.2 Å². The highest BCUT2D eigenvalue weighted by Gasteiger charge is 2.12. The van der Waals surface area contributed by atoms with Gasteiger partial charge in [0, 0.05) is 16.6 Å². The number of hydrogen-bond donors (Lipinski definition) is 1. The van der Waals surface area contributed by atoms with E-state index in [1.54, 1.807) is 42.6 Å². The van der Waals surface area contributed by atoms with Gasteiger partial charge in [-0.3, -0.25) is 14.9 Å². The predicted molar refractivity (Wildman–Crippen MR) is 95.3 cm³/mol. The molecule has 3 rings (SSSR count). The molecule has 0 fully saturated rings. The fourth-order valence-corrected chi connectivity index (χ4v) is 2.80. The van der Waals surface area contributed by atoms with Gasteiger partial charge in [0.25, 0.3) is 5.91 Å². The second kappa shape index (κ2) is 7.75. The fourth-order valence-electron chi connectivity index (χ4n) is 2.12. The van der Waals surface area contributed by atoms with Crippen LogP contribution in [0.25, 0.3) is 11.3 Å². The van der Waals surface area contributed by atoms with Gasteiger partial charge in [-0.2, -0.15) is 0 Å². The minimum atomic E-state index is -0.616. The third-order valence-corrected chi connectivity index (χ3v) is 4.18. The van der Waals surface area contributed by atoms with E-state index in [0.717, 1.165) is 4.88 Å². The van der Waals surface area contributed by atoms with Gasteiger partial charge in [0.2, 0.25) is 0 Å². The van der Waals surface area contributed by atoms with Gasteiger partial charge < -0.3 is 9.15 Å². The zero-order chi connectivity index (χ0) is 18.5. The molecule has 0 aliphatic rings. The van der Waals surface area contributed by atoms with Crippen LogP contribution in [0.2, 0.25) is 0 Å². The van der Waals surface area contributed by atoms with E-state index in [9.17, 15) is 14.4 Å². The summed E-state index contributed by atoms with van der Waals surface area (Å²) < 4.78 is 10.3. The SMILES string of the molecule is Cc1cnc(NC(=O)COC(=O)c2ccc(-c3ccc(C=O)o3)cc2)s1. The van der Waals surface area contributed by atoms with Crippen molar-refractivity contribution in [3.63, 3.8) is 0 Å². The lowest BCUT2D eigenvalue weighted by Crippen LogP contribution is -2.20. The van der Waals surface area contributed by atoms with Crippen LogP contribution in [0.5, 0.6) is 0 Å². The van der Waals surface area contributed by atoms with Gasteiger partial charge >= 0.3 is 5.97 Å². The van der Waals surface area contributed by atoms with Gasteiger partial charge in [0.1, 0.15) is 5.76 Å². The third kappa shape index (κ3) is 4.22. The molecular weight excluding hydrogens is 356 g/mol. The number of nitrogens with one attached hydrogen (secondary N) is 1. The molecule has 7 nitrogen and oxygen atoms in total. The molecule has 3 aromatic rings. The maximum absolute atomic E-state index is 12.0. The Balaban J connectivity index is 1.56. The lowest BCUT2D eigenvalue weighted by molar-refractivity contribution is -0.119. The molecule has 0 unspecified atom stereocenters. The van der Waals surface area contributed by atoms with Gasteiger partial charge in [0.15, 0.2) is 23.8 Å². The minimum Gasteiger partial charge on any atom is -0.453 e. The first-order valence-corrected chi connectivity index (χ1v) is 8.41. The molecule has 0 atom stereocenters. The Labute approximate surface area is 152 Å². The molecule has 0 aliphatic carbocycles. The lowest BCUT2D eigenvalue weighted by atomic mass is 10.1. The lowest BCUT2D eigenvalue weighted by Gasteiger charge is -2.05.